The zero-order valence-corrected chi connectivity index (χ0v) is 8.15. The van der Waals surface area contributed by atoms with Crippen molar-refractivity contribution in [2.24, 2.45) is 11.8 Å². The van der Waals surface area contributed by atoms with Gasteiger partial charge in [-0.15, -0.1) is 0 Å². The maximum absolute atomic E-state index is 11.9. The Morgan fingerprint density at radius 1 is 1.50 bits per heavy atom. The van der Waals surface area contributed by atoms with E-state index in [1.54, 1.807) is 6.92 Å². The van der Waals surface area contributed by atoms with E-state index in [2.05, 4.69) is 5.32 Å². The third kappa shape index (κ3) is 2.01. The second-order valence-corrected chi connectivity index (χ2v) is 4.02. The first-order chi connectivity index (χ1) is 6.31. The van der Waals surface area contributed by atoms with E-state index in [1.165, 1.54) is 0 Å². The standard InChI is InChI=1S/C9H13F3N2/c1-6-3-8(4-13,7(6)2)14-5-9(10,11)12/h6-7,14H,3,5H2,1-2H3. The summed E-state index contributed by atoms with van der Waals surface area (Å²) in [6.07, 6.45) is -3.75. The topological polar surface area (TPSA) is 35.8 Å². The monoisotopic (exact) mass is 206 g/mol. The van der Waals surface area contributed by atoms with Crippen LogP contribution in [0.2, 0.25) is 0 Å². The molecule has 0 amide bonds. The average molecular weight is 206 g/mol. The van der Waals surface area contributed by atoms with Crippen molar-refractivity contribution < 1.29 is 13.2 Å². The molecule has 0 aromatic heterocycles. The van der Waals surface area contributed by atoms with Crippen LogP contribution in [0.4, 0.5) is 13.2 Å². The van der Waals surface area contributed by atoms with Crippen LogP contribution in [0.15, 0.2) is 0 Å². The number of nitriles is 1. The molecule has 14 heavy (non-hydrogen) atoms. The van der Waals surface area contributed by atoms with E-state index >= 15 is 0 Å². The van der Waals surface area contributed by atoms with Gasteiger partial charge in [0.1, 0.15) is 5.54 Å². The Balaban J connectivity index is 2.54. The third-order valence-corrected chi connectivity index (χ3v) is 3.08. The summed E-state index contributed by atoms with van der Waals surface area (Å²) in [5, 5.41) is 11.2. The Bertz CT molecular complexity index is 256. The van der Waals surface area contributed by atoms with Crippen molar-refractivity contribution in [2.75, 3.05) is 6.54 Å². The van der Waals surface area contributed by atoms with Crippen molar-refractivity contribution in [3.8, 4) is 6.07 Å². The maximum atomic E-state index is 11.9. The van der Waals surface area contributed by atoms with Crippen molar-refractivity contribution in [1.82, 2.24) is 5.32 Å². The minimum atomic E-state index is -4.25. The fraction of sp³-hybridized carbons (Fsp3) is 0.889. The Morgan fingerprint density at radius 3 is 2.36 bits per heavy atom. The Kier molecular flexibility index (Phi) is 2.77. The second kappa shape index (κ2) is 3.43. The van der Waals surface area contributed by atoms with Crippen LogP contribution in [0.25, 0.3) is 0 Å². The van der Waals surface area contributed by atoms with E-state index in [-0.39, 0.29) is 5.92 Å². The molecule has 1 rings (SSSR count). The number of alkyl halides is 3. The molecule has 0 aromatic carbocycles. The van der Waals surface area contributed by atoms with Gasteiger partial charge in [-0.25, -0.2) is 0 Å². The maximum Gasteiger partial charge on any atom is 0.401 e. The van der Waals surface area contributed by atoms with E-state index in [4.69, 9.17) is 5.26 Å². The van der Waals surface area contributed by atoms with Gasteiger partial charge in [-0.2, -0.15) is 18.4 Å². The molecule has 0 aliphatic heterocycles. The summed E-state index contributed by atoms with van der Waals surface area (Å²) in [6, 6.07) is 1.96. The quantitative estimate of drug-likeness (QED) is 0.750. The fourth-order valence-corrected chi connectivity index (χ4v) is 1.87. The van der Waals surface area contributed by atoms with Gasteiger partial charge in [0.25, 0.3) is 0 Å². The third-order valence-electron chi connectivity index (χ3n) is 3.08. The molecule has 0 saturated heterocycles. The molecule has 5 heteroatoms. The van der Waals surface area contributed by atoms with Gasteiger partial charge >= 0.3 is 6.18 Å². The molecule has 0 bridgehead atoms. The molecule has 0 aromatic rings. The van der Waals surface area contributed by atoms with Crippen molar-refractivity contribution >= 4 is 0 Å². The molecule has 3 unspecified atom stereocenters. The van der Waals surface area contributed by atoms with Crippen LogP contribution in [0.3, 0.4) is 0 Å². The molecular weight excluding hydrogens is 193 g/mol. The Labute approximate surface area is 81.1 Å². The first-order valence-electron chi connectivity index (χ1n) is 4.54. The predicted molar refractivity (Wildman–Crippen MR) is 45.3 cm³/mol. The summed E-state index contributed by atoms with van der Waals surface area (Å²) < 4.78 is 35.8. The van der Waals surface area contributed by atoms with Crippen molar-refractivity contribution in [2.45, 2.75) is 32.0 Å². The zero-order chi connectivity index (χ0) is 11.0. The lowest BCUT2D eigenvalue weighted by Gasteiger charge is -2.48. The van der Waals surface area contributed by atoms with Gasteiger partial charge in [-0.1, -0.05) is 13.8 Å². The van der Waals surface area contributed by atoms with Crippen LogP contribution >= 0.6 is 0 Å². The lowest BCUT2D eigenvalue weighted by atomic mass is 9.61. The van der Waals surface area contributed by atoms with Crippen LogP contribution in [-0.4, -0.2) is 18.3 Å². The van der Waals surface area contributed by atoms with Gasteiger partial charge in [-0.3, -0.25) is 5.32 Å². The summed E-state index contributed by atoms with van der Waals surface area (Å²) in [5.41, 5.74) is -0.963. The average Bonchev–Trinajstić information content (AvgIpc) is 2.09. The normalized spacial score (nSPS) is 37.4. The predicted octanol–water partition coefficient (Wildman–Crippen LogP) is 2.08. The number of nitrogens with one attached hydrogen (secondary N) is 1. The molecular formula is C9H13F3N2. The summed E-state index contributed by atoms with van der Waals surface area (Å²) in [7, 11) is 0. The summed E-state index contributed by atoms with van der Waals surface area (Å²) >= 11 is 0. The number of rotatable bonds is 2. The van der Waals surface area contributed by atoms with E-state index < -0.39 is 18.3 Å². The van der Waals surface area contributed by atoms with Crippen molar-refractivity contribution in [3.63, 3.8) is 0 Å². The van der Waals surface area contributed by atoms with Crippen LogP contribution in [0.5, 0.6) is 0 Å². The lowest BCUT2D eigenvalue weighted by molar-refractivity contribution is -0.132. The lowest BCUT2D eigenvalue weighted by Crippen LogP contribution is -2.62. The molecule has 2 nitrogen and oxygen atoms in total. The highest BCUT2D eigenvalue weighted by Crippen LogP contribution is 2.43. The van der Waals surface area contributed by atoms with E-state index in [9.17, 15) is 13.2 Å². The number of halogens is 3. The summed E-state index contributed by atoms with van der Waals surface area (Å²) in [5.74, 6) is 0.297. The first kappa shape index (κ1) is 11.3. The van der Waals surface area contributed by atoms with Crippen LogP contribution < -0.4 is 5.32 Å². The molecule has 1 N–H and O–H groups in total. The highest BCUT2D eigenvalue weighted by atomic mass is 19.4. The van der Waals surface area contributed by atoms with Crippen molar-refractivity contribution in [3.05, 3.63) is 0 Å². The van der Waals surface area contributed by atoms with E-state index in [1.807, 2.05) is 13.0 Å². The number of nitrogens with zero attached hydrogens (tertiary/aromatic N) is 1. The van der Waals surface area contributed by atoms with E-state index in [0.717, 1.165) is 0 Å². The van der Waals surface area contributed by atoms with Crippen LogP contribution in [-0.2, 0) is 0 Å². The highest BCUT2D eigenvalue weighted by molar-refractivity contribution is 5.18. The van der Waals surface area contributed by atoms with Gasteiger partial charge in [-0.05, 0) is 18.3 Å². The molecule has 0 radical (unpaired) electrons. The molecule has 0 heterocycles. The van der Waals surface area contributed by atoms with E-state index in [0.29, 0.717) is 12.3 Å². The van der Waals surface area contributed by atoms with Gasteiger partial charge in [0.05, 0.1) is 12.6 Å². The van der Waals surface area contributed by atoms with Gasteiger partial charge in [0.15, 0.2) is 0 Å². The minimum absolute atomic E-state index is 0.0187. The molecule has 0 spiro atoms. The molecule has 80 valence electrons. The molecule has 1 fully saturated rings. The molecule has 1 saturated carbocycles. The second-order valence-electron chi connectivity index (χ2n) is 4.02. The first-order valence-corrected chi connectivity index (χ1v) is 4.54. The van der Waals surface area contributed by atoms with Crippen LogP contribution in [0.1, 0.15) is 20.3 Å². The summed E-state index contributed by atoms with van der Waals surface area (Å²) in [4.78, 5) is 0. The largest absolute Gasteiger partial charge is 0.401 e. The van der Waals surface area contributed by atoms with Gasteiger partial charge < -0.3 is 0 Å². The smallest absolute Gasteiger partial charge is 0.291 e. The Hall–Kier alpha value is -0.760. The number of hydrogen-bond donors (Lipinski definition) is 1. The number of hydrogen-bond acceptors (Lipinski definition) is 2. The fourth-order valence-electron chi connectivity index (χ4n) is 1.87. The highest BCUT2D eigenvalue weighted by Gasteiger charge is 2.50. The van der Waals surface area contributed by atoms with Crippen LogP contribution in [0, 0.1) is 23.2 Å². The van der Waals surface area contributed by atoms with Crippen molar-refractivity contribution in [1.29, 1.82) is 5.26 Å². The molecule has 3 atom stereocenters. The van der Waals surface area contributed by atoms with Gasteiger partial charge in [0, 0.05) is 0 Å². The minimum Gasteiger partial charge on any atom is -0.291 e. The molecule has 1 aliphatic rings. The van der Waals surface area contributed by atoms with Gasteiger partial charge in [0.2, 0.25) is 0 Å². The molecule has 1 aliphatic carbocycles. The summed E-state index contributed by atoms with van der Waals surface area (Å²) in [6.45, 7) is 2.66. The SMILES string of the molecule is CC1CC(C#N)(NCC(F)(F)F)C1C. The Morgan fingerprint density at radius 2 is 2.07 bits per heavy atom. The zero-order valence-electron chi connectivity index (χ0n) is 8.15.